The molecule has 0 unspecified atom stereocenters. The predicted molar refractivity (Wildman–Crippen MR) is 84.0 cm³/mol. The average Bonchev–Trinajstić information content (AvgIpc) is 2.54. The molecular weight excluding hydrogens is 266 g/mol. The molecule has 0 saturated carbocycles. The van der Waals surface area contributed by atoms with Crippen molar-refractivity contribution in [2.45, 2.75) is 13.3 Å². The van der Waals surface area contributed by atoms with Gasteiger partial charge in [-0.15, -0.1) is 0 Å². The van der Waals surface area contributed by atoms with Gasteiger partial charge in [0.15, 0.2) is 0 Å². The maximum absolute atomic E-state index is 12.2. The Morgan fingerprint density at radius 1 is 1.24 bits per heavy atom. The fraction of sp³-hybridized carbons (Fsp3) is 0.250. The van der Waals surface area contributed by atoms with Crippen LogP contribution in [0.15, 0.2) is 42.7 Å². The van der Waals surface area contributed by atoms with E-state index in [9.17, 15) is 4.79 Å². The van der Waals surface area contributed by atoms with Crippen molar-refractivity contribution in [3.8, 4) is 5.75 Å². The average molecular weight is 285 g/mol. The number of pyridine rings is 1. The van der Waals surface area contributed by atoms with Crippen LogP contribution in [0, 0.1) is 0 Å². The van der Waals surface area contributed by atoms with Crippen LogP contribution in [-0.2, 0) is 0 Å². The van der Waals surface area contributed by atoms with Crippen molar-refractivity contribution >= 4 is 17.3 Å². The molecule has 0 aliphatic heterocycles. The van der Waals surface area contributed by atoms with Crippen molar-refractivity contribution in [3.05, 3.63) is 48.3 Å². The Bertz CT molecular complexity index is 597. The van der Waals surface area contributed by atoms with E-state index in [1.54, 1.807) is 25.5 Å². The van der Waals surface area contributed by atoms with Gasteiger partial charge >= 0.3 is 0 Å². The number of anilines is 2. The molecule has 0 aliphatic carbocycles. The van der Waals surface area contributed by atoms with E-state index in [2.05, 4.69) is 22.5 Å². The van der Waals surface area contributed by atoms with Crippen molar-refractivity contribution in [2.75, 3.05) is 24.3 Å². The second-order valence-corrected chi connectivity index (χ2v) is 4.50. The van der Waals surface area contributed by atoms with Gasteiger partial charge in [-0.1, -0.05) is 6.92 Å². The summed E-state index contributed by atoms with van der Waals surface area (Å²) in [6.45, 7) is 2.75. The van der Waals surface area contributed by atoms with Crippen LogP contribution in [0.1, 0.15) is 23.7 Å². The minimum atomic E-state index is -0.177. The zero-order valence-electron chi connectivity index (χ0n) is 12.2. The number of benzene rings is 1. The van der Waals surface area contributed by atoms with E-state index < -0.39 is 0 Å². The molecule has 0 radical (unpaired) electrons. The molecule has 21 heavy (non-hydrogen) atoms. The lowest BCUT2D eigenvalue weighted by atomic mass is 10.2. The monoisotopic (exact) mass is 285 g/mol. The SMILES string of the molecule is CCCOc1ccc(NC(=O)c2ccncc2NC)cc1. The van der Waals surface area contributed by atoms with E-state index in [0.29, 0.717) is 17.9 Å². The van der Waals surface area contributed by atoms with E-state index in [-0.39, 0.29) is 5.91 Å². The molecule has 0 fully saturated rings. The van der Waals surface area contributed by atoms with Gasteiger partial charge in [0.1, 0.15) is 5.75 Å². The minimum Gasteiger partial charge on any atom is -0.494 e. The summed E-state index contributed by atoms with van der Waals surface area (Å²) in [4.78, 5) is 16.2. The molecule has 2 N–H and O–H groups in total. The molecule has 0 aliphatic rings. The molecule has 1 amide bonds. The minimum absolute atomic E-state index is 0.177. The van der Waals surface area contributed by atoms with Gasteiger partial charge in [-0.3, -0.25) is 9.78 Å². The molecule has 5 heteroatoms. The Hall–Kier alpha value is -2.56. The first-order valence-corrected chi connectivity index (χ1v) is 6.90. The van der Waals surface area contributed by atoms with Gasteiger partial charge in [0.2, 0.25) is 0 Å². The van der Waals surface area contributed by atoms with Crippen LogP contribution in [0.25, 0.3) is 0 Å². The number of ether oxygens (including phenoxy) is 1. The van der Waals surface area contributed by atoms with Crippen molar-refractivity contribution in [2.24, 2.45) is 0 Å². The third-order valence-corrected chi connectivity index (χ3v) is 2.92. The normalized spacial score (nSPS) is 10.0. The summed E-state index contributed by atoms with van der Waals surface area (Å²) in [5, 5.41) is 5.81. The molecule has 2 aromatic rings. The Labute approximate surface area is 124 Å². The number of carbonyl (C=O) groups excluding carboxylic acids is 1. The molecule has 110 valence electrons. The summed E-state index contributed by atoms with van der Waals surface area (Å²) in [6.07, 6.45) is 4.18. The van der Waals surface area contributed by atoms with E-state index in [0.717, 1.165) is 17.9 Å². The second kappa shape index (κ2) is 7.28. The number of rotatable bonds is 6. The van der Waals surface area contributed by atoms with Crippen molar-refractivity contribution in [1.82, 2.24) is 4.98 Å². The van der Waals surface area contributed by atoms with E-state index in [4.69, 9.17) is 4.74 Å². The number of carbonyl (C=O) groups is 1. The van der Waals surface area contributed by atoms with Gasteiger partial charge in [-0.25, -0.2) is 0 Å². The smallest absolute Gasteiger partial charge is 0.257 e. The van der Waals surface area contributed by atoms with Gasteiger partial charge < -0.3 is 15.4 Å². The Morgan fingerprint density at radius 3 is 2.67 bits per heavy atom. The molecule has 0 atom stereocenters. The molecule has 1 heterocycles. The van der Waals surface area contributed by atoms with E-state index in [1.165, 1.54) is 0 Å². The second-order valence-electron chi connectivity index (χ2n) is 4.50. The van der Waals surface area contributed by atoms with E-state index in [1.807, 2.05) is 24.3 Å². The lowest BCUT2D eigenvalue weighted by Crippen LogP contribution is -2.14. The first-order chi connectivity index (χ1) is 10.2. The molecule has 1 aromatic heterocycles. The first-order valence-electron chi connectivity index (χ1n) is 6.90. The quantitative estimate of drug-likeness (QED) is 0.855. The summed E-state index contributed by atoms with van der Waals surface area (Å²) < 4.78 is 5.51. The fourth-order valence-corrected chi connectivity index (χ4v) is 1.84. The summed E-state index contributed by atoms with van der Waals surface area (Å²) in [5.41, 5.74) is 1.97. The highest BCUT2D eigenvalue weighted by Crippen LogP contribution is 2.18. The molecule has 1 aromatic carbocycles. The highest BCUT2D eigenvalue weighted by molar-refractivity contribution is 6.07. The Balaban J connectivity index is 2.05. The number of nitrogens with one attached hydrogen (secondary N) is 2. The summed E-state index contributed by atoms with van der Waals surface area (Å²) >= 11 is 0. The van der Waals surface area contributed by atoms with Gasteiger partial charge in [-0.2, -0.15) is 0 Å². The van der Waals surface area contributed by atoms with Crippen LogP contribution < -0.4 is 15.4 Å². The van der Waals surface area contributed by atoms with Crippen molar-refractivity contribution in [1.29, 1.82) is 0 Å². The maximum atomic E-state index is 12.2. The third-order valence-electron chi connectivity index (χ3n) is 2.92. The summed E-state index contributed by atoms with van der Waals surface area (Å²) in [7, 11) is 1.76. The number of nitrogens with zero attached hydrogens (tertiary/aromatic N) is 1. The predicted octanol–water partition coefficient (Wildman–Crippen LogP) is 3.16. The number of amides is 1. The highest BCUT2D eigenvalue weighted by atomic mass is 16.5. The molecule has 2 rings (SSSR count). The van der Waals surface area contributed by atoms with Gasteiger partial charge in [0, 0.05) is 18.9 Å². The molecular formula is C16H19N3O2. The van der Waals surface area contributed by atoms with Crippen LogP contribution in [-0.4, -0.2) is 24.5 Å². The largest absolute Gasteiger partial charge is 0.494 e. The van der Waals surface area contributed by atoms with Gasteiger partial charge in [-0.05, 0) is 36.8 Å². The van der Waals surface area contributed by atoms with Crippen molar-refractivity contribution in [3.63, 3.8) is 0 Å². The zero-order valence-corrected chi connectivity index (χ0v) is 12.2. The number of hydrogen-bond donors (Lipinski definition) is 2. The van der Waals surface area contributed by atoms with Crippen LogP contribution in [0.5, 0.6) is 5.75 Å². The summed E-state index contributed by atoms with van der Waals surface area (Å²) in [6, 6.07) is 9.01. The van der Waals surface area contributed by atoms with E-state index >= 15 is 0 Å². The van der Waals surface area contributed by atoms with Gasteiger partial charge in [0.05, 0.1) is 24.1 Å². The van der Waals surface area contributed by atoms with Crippen LogP contribution >= 0.6 is 0 Å². The zero-order chi connectivity index (χ0) is 15.1. The highest BCUT2D eigenvalue weighted by Gasteiger charge is 2.10. The topological polar surface area (TPSA) is 63.2 Å². The Kier molecular flexibility index (Phi) is 5.15. The molecule has 0 spiro atoms. The lowest BCUT2D eigenvalue weighted by molar-refractivity contribution is 0.102. The van der Waals surface area contributed by atoms with Crippen LogP contribution in [0.2, 0.25) is 0 Å². The number of hydrogen-bond acceptors (Lipinski definition) is 4. The lowest BCUT2D eigenvalue weighted by Gasteiger charge is -2.10. The van der Waals surface area contributed by atoms with Crippen LogP contribution in [0.3, 0.4) is 0 Å². The van der Waals surface area contributed by atoms with Crippen LogP contribution in [0.4, 0.5) is 11.4 Å². The van der Waals surface area contributed by atoms with Gasteiger partial charge in [0.25, 0.3) is 5.91 Å². The third kappa shape index (κ3) is 3.95. The maximum Gasteiger partial charge on any atom is 0.257 e. The molecule has 0 saturated heterocycles. The Morgan fingerprint density at radius 2 is 2.00 bits per heavy atom. The molecule has 0 bridgehead atoms. The molecule has 5 nitrogen and oxygen atoms in total. The van der Waals surface area contributed by atoms with Crippen molar-refractivity contribution < 1.29 is 9.53 Å². The standard InChI is InChI=1S/C16H19N3O2/c1-3-10-21-13-6-4-12(5-7-13)19-16(20)14-8-9-18-11-15(14)17-2/h4-9,11,17H,3,10H2,1-2H3,(H,19,20). The summed E-state index contributed by atoms with van der Waals surface area (Å²) in [5.74, 6) is 0.624. The number of aromatic nitrogens is 1. The fourth-order valence-electron chi connectivity index (χ4n) is 1.84. The first kappa shape index (κ1) is 14.8.